The van der Waals surface area contributed by atoms with Crippen molar-refractivity contribution in [3.05, 3.63) is 5.28 Å². The molecule has 1 fully saturated rings. The summed E-state index contributed by atoms with van der Waals surface area (Å²) in [5.41, 5.74) is 0. The Kier molecular flexibility index (Phi) is 4.54. The quantitative estimate of drug-likeness (QED) is 0.897. The van der Waals surface area contributed by atoms with Gasteiger partial charge in [0.2, 0.25) is 17.2 Å². The third kappa shape index (κ3) is 3.20. The molecular formula is C11H18ClN5O. The SMILES string of the molecule is CCOC1CCN(c2nc(Cl)nc(NC)n2)CC1. The van der Waals surface area contributed by atoms with Gasteiger partial charge in [-0.25, -0.2) is 0 Å². The second kappa shape index (κ2) is 6.15. The van der Waals surface area contributed by atoms with Crippen LogP contribution in [0.3, 0.4) is 0 Å². The van der Waals surface area contributed by atoms with E-state index in [-0.39, 0.29) is 5.28 Å². The molecule has 2 heterocycles. The van der Waals surface area contributed by atoms with Crippen LogP contribution in [0, 0.1) is 0 Å². The Morgan fingerprint density at radius 3 is 2.67 bits per heavy atom. The third-order valence-corrected chi connectivity index (χ3v) is 3.12. The second-order valence-electron chi connectivity index (χ2n) is 4.12. The van der Waals surface area contributed by atoms with Gasteiger partial charge in [-0.15, -0.1) is 0 Å². The van der Waals surface area contributed by atoms with Gasteiger partial charge in [0.25, 0.3) is 0 Å². The van der Waals surface area contributed by atoms with E-state index in [1.807, 2.05) is 6.92 Å². The lowest BCUT2D eigenvalue weighted by Crippen LogP contribution is -2.38. The third-order valence-electron chi connectivity index (χ3n) is 2.95. The highest BCUT2D eigenvalue weighted by Crippen LogP contribution is 2.20. The Morgan fingerprint density at radius 1 is 1.33 bits per heavy atom. The van der Waals surface area contributed by atoms with Gasteiger partial charge in [0.15, 0.2) is 0 Å². The van der Waals surface area contributed by atoms with Crippen LogP contribution < -0.4 is 10.2 Å². The topological polar surface area (TPSA) is 63.2 Å². The van der Waals surface area contributed by atoms with Crippen molar-refractivity contribution in [2.45, 2.75) is 25.9 Å². The fourth-order valence-corrected chi connectivity index (χ4v) is 2.21. The van der Waals surface area contributed by atoms with Crippen LogP contribution in [0.15, 0.2) is 0 Å². The highest BCUT2D eigenvalue weighted by atomic mass is 35.5. The smallest absolute Gasteiger partial charge is 0.231 e. The lowest BCUT2D eigenvalue weighted by molar-refractivity contribution is 0.0457. The van der Waals surface area contributed by atoms with Crippen molar-refractivity contribution >= 4 is 23.5 Å². The highest BCUT2D eigenvalue weighted by molar-refractivity contribution is 6.28. The van der Waals surface area contributed by atoms with Gasteiger partial charge >= 0.3 is 0 Å². The number of anilines is 2. The average molecular weight is 272 g/mol. The molecule has 0 bridgehead atoms. The van der Waals surface area contributed by atoms with E-state index in [1.165, 1.54) is 0 Å². The van der Waals surface area contributed by atoms with Gasteiger partial charge in [-0.1, -0.05) is 0 Å². The van der Waals surface area contributed by atoms with Crippen LogP contribution in [-0.2, 0) is 4.74 Å². The predicted molar refractivity (Wildman–Crippen MR) is 71.2 cm³/mol. The zero-order chi connectivity index (χ0) is 13.0. The molecule has 0 amide bonds. The minimum absolute atomic E-state index is 0.219. The zero-order valence-electron chi connectivity index (χ0n) is 10.7. The molecule has 1 aliphatic heterocycles. The highest BCUT2D eigenvalue weighted by Gasteiger charge is 2.21. The second-order valence-corrected chi connectivity index (χ2v) is 4.46. The maximum Gasteiger partial charge on any atom is 0.231 e. The number of piperidine rings is 1. The first kappa shape index (κ1) is 13.3. The average Bonchev–Trinajstić information content (AvgIpc) is 2.39. The molecule has 1 aromatic rings. The minimum Gasteiger partial charge on any atom is -0.378 e. The van der Waals surface area contributed by atoms with E-state index in [2.05, 4.69) is 25.2 Å². The molecule has 18 heavy (non-hydrogen) atoms. The summed E-state index contributed by atoms with van der Waals surface area (Å²) in [4.78, 5) is 14.6. The van der Waals surface area contributed by atoms with Crippen molar-refractivity contribution in [1.29, 1.82) is 0 Å². The van der Waals surface area contributed by atoms with E-state index in [1.54, 1.807) is 7.05 Å². The summed E-state index contributed by atoms with van der Waals surface area (Å²) in [6.07, 6.45) is 2.34. The summed E-state index contributed by atoms with van der Waals surface area (Å²) >= 11 is 5.87. The lowest BCUT2D eigenvalue weighted by Gasteiger charge is -2.31. The maximum atomic E-state index is 5.87. The first-order valence-electron chi connectivity index (χ1n) is 6.18. The molecular weight excluding hydrogens is 254 g/mol. The Morgan fingerprint density at radius 2 is 2.06 bits per heavy atom. The summed E-state index contributed by atoms with van der Waals surface area (Å²) in [5, 5.41) is 3.10. The van der Waals surface area contributed by atoms with Crippen LogP contribution in [-0.4, -0.2) is 47.8 Å². The summed E-state index contributed by atoms with van der Waals surface area (Å²) in [7, 11) is 1.76. The number of aromatic nitrogens is 3. The molecule has 100 valence electrons. The van der Waals surface area contributed by atoms with Crippen molar-refractivity contribution in [3.63, 3.8) is 0 Å². The van der Waals surface area contributed by atoms with Gasteiger partial charge < -0.3 is 15.0 Å². The van der Waals surface area contributed by atoms with Gasteiger partial charge in [0, 0.05) is 26.7 Å². The molecule has 0 atom stereocenters. The first-order chi connectivity index (χ1) is 8.72. The summed E-state index contributed by atoms with van der Waals surface area (Å²) in [5.74, 6) is 1.13. The molecule has 1 aromatic heterocycles. The fourth-order valence-electron chi connectivity index (χ4n) is 2.05. The molecule has 6 nitrogen and oxygen atoms in total. The molecule has 0 radical (unpaired) electrons. The molecule has 2 rings (SSSR count). The van der Waals surface area contributed by atoms with E-state index >= 15 is 0 Å². The lowest BCUT2D eigenvalue weighted by atomic mass is 10.1. The number of ether oxygens (including phenoxy) is 1. The van der Waals surface area contributed by atoms with Gasteiger partial charge in [-0.05, 0) is 31.4 Å². The first-order valence-corrected chi connectivity index (χ1v) is 6.56. The van der Waals surface area contributed by atoms with E-state index in [0.29, 0.717) is 18.0 Å². The fraction of sp³-hybridized carbons (Fsp3) is 0.727. The minimum atomic E-state index is 0.219. The van der Waals surface area contributed by atoms with Gasteiger partial charge in [0.05, 0.1) is 6.10 Å². The Labute approximate surface area is 112 Å². The molecule has 1 N–H and O–H groups in total. The maximum absolute atomic E-state index is 5.87. The zero-order valence-corrected chi connectivity index (χ0v) is 11.4. The number of halogens is 1. The van der Waals surface area contributed by atoms with E-state index < -0.39 is 0 Å². The van der Waals surface area contributed by atoms with Crippen molar-refractivity contribution in [3.8, 4) is 0 Å². The standard InChI is InChI=1S/C11H18ClN5O/c1-3-18-8-4-6-17(7-5-8)11-15-9(12)14-10(13-2)16-11/h8H,3-7H2,1-2H3,(H,13,14,15,16). The van der Waals surface area contributed by atoms with Crippen LogP contribution in [0.4, 0.5) is 11.9 Å². The number of hydrogen-bond donors (Lipinski definition) is 1. The summed E-state index contributed by atoms with van der Waals surface area (Å²) < 4.78 is 5.62. The van der Waals surface area contributed by atoms with E-state index in [4.69, 9.17) is 16.3 Å². The number of nitrogens with one attached hydrogen (secondary N) is 1. The van der Waals surface area contributed by atoms with Crippen molar-refractivity contribution < 1.29 is 4.74 Å². The number of nitrogens with zero attached hydrogens (tertiary/aromatic N) is 4. The van der Waals surface area contributed by atoms with Crippen molar-refractivity contribution in [2.24, 2.45) is 0 Å². The van der Waals surface area contributed by atoms with Crippen LogP contribution in [0.5, 0.6) is 0 Å². The van der Waals surface area contributed by atoms with Gasteiger partial charge in [-0.3, -0.25) is 0 Å². The molecule has 1 saturated heterocycles. The number of hydrogen-bond acceptors (Lipinski definition) is 6. The van der Waals surface area contributed by atoms with Gasteiger partial charge in [0.1, 0.15) is 0 Å². The normalized spacial score (nSPS) is 16.9. The molecule has 0 aliphatic carbocycles. The Hall–Kier alpha value is -1.14. The Balaban J connectivity index is 2.02. The molecule has 0 unspecified atom stereocenters. The summed E-state index contributed by atoms with van der Waals surface area (Å²) in [6.45, 7) is 4.56. The van der Waals surface area contributed by atoms with Gasteiger partial charge in [-0.2, -0.15) is 15.0 Å². The van der Waals surface area contributed by atoms with E-state index in [9.17, 15) is 0 Å². The van der Waals surface area contributed by atoms with Crippen molar-refractivity contribution in [2.75, 3.05) is 37.0 Å². The molecule has 0 aromatic carbocycles. The van der Waals surface area contributed by atoms with E-state index in [0.717, 1.165) is 32.5 Å². The van der Waals surface area contributed by atoms with Crippen LogP contribution >= 0.6 is 11.6 Å². The molecule has 7 heteroatoms. The van der Waals surface area contributed by atoms with Crippen LogP contribution in [0.2, 0.25) is 5.28 Å². The number of rotatable bonds is 4. The molecule has 0 spiro atoms. The van der Waals surface area contributed by atoms with Crippen LogP contribution in [0.25, 0.3) is 0 Å². The largest absolute Gasteiger partial charge is 0.378 e. The molecule has 1 aliphatic rings. The monoisotopic (exact) mass is 271 g/mol. The predicted octanol–water partition coefficient (Wildman–Crippen LogP) is 1.57. The van der Waals surface area contributed by atoms with Crippen LogP contribution in [0.1, 0.15) is 19.8 Å². The molecule has 0 saturated carbocycles. The summed E-state index contributed by atoms with van der Waals surface area (Å²) in [6, 6.07) is 0. The van der Waals surface area contributed by atoms with Crippen molar-refractivity contribution in [1.82, 2.24) is 15.0 Å². The Bertz CT molecular complexity index is 395.